The zero-order valence-corrected chi connectivity index (χ0v) is 13.8. The Balaban J connectivity index is 0.000000704. The minimum atomic E-state index is -0.147. The molecule has 5 heteroatoms. The molecular formula is C15H24N2O2S. The maximum atomic E-state index is 5.37. The van der Waals surface area contributed by atoms with Crippen molar-refractivity contribution < 1.29 is 9.36 Å². The molecule has 0 amide bonds. The molecule has 3 rings (SSSR count). The highest BCUT2D eigenvalue weighted by Crippen LogP contribution is 2.42. The second-order valence-electron chi connectivity index (χ2n) is 5.68. The molecule has 0 atom stereocenters. The second-order valence-corrected chi connectivity index (χ2v) is 6.73. The van der Waals surface area contributed by atoms with Crippen LogP contribution >= 0.6 is 11.8 Å². The van der Waals surface area contributed by atoms with Gasteiger partial charge < -0.3 is 9.36 Å². The molecule has 2 aliphatic rings. The number of thioether (sulfide) groups is 1. The van der Waals surface area contributed by atoms with E-state index in [4.69, 9.17) is 9.36 Å². The van der Waals surface area contributed by atoms with Crippen molar-refractivity contribution in [2.75, 3.05) is 0 Å². The Kier molecular flexibility index (Phi) is 4.78. The van der Waals surface area contributed by atoms with E-state index in [0.717, 1.165) is 23.0 Å². The summed E-state index contributed by atoms with van der Waals surface area (Å²) in [7, 11) is 0. The summed E-state index contributed by atoms with van der Waals surface area (Å²) in [4.78, 5) is 5.37. The van der Waals surface area contributed by atoms with E-state index < -0.39 is 0 Å². The minimum Gasteiger partial charge on any atom is -0.389 e. The third kappa shape index (κ3) is 3.57. The van der Waals surface area contributed by atoms with Gasteiger partial charge in [-0.3, -0.25) is 0 Å². The first-order valence-corrected chi connectivity index (χ1v) is 8.36. The van der Waals surface area contributed by atoms with Gasteiger partial charge in [0, 0.05) is 23.7 Å². The number of hydrogen-bond donors (Lipinski definition) is 0. The second kappa shape index (κ2) is 6.20. The predicted octanol–water partition coefficient (Wildman–Crippen LogP) is 4.63. The summed E-state index contributed by atoms with van der Waals surface area (Å²) < 4.78 is 5.32. The molecule has 20 heavy (non-hydrogen) atoms. The standard InChI is InChI=1S/C13H18N2O2S.C2H6/c1-8-10(12(15-16-8)9-4-5-9)7-18-11-6-13(2,3)17-14-11;1-2/h9H,4-7H2,1-3H3;1-2H3. The Hall–Kier alpha value is -0.970. The lowest BCUT2D eigenvalue weighted by molar-refractivity contribution is 0.0123. The van der Waals surface area contributed by atoms with Gasteiger partial charge in [-0.05, 0) is 33.6 Å². The lowest BCUT2D eigenvalue weighted by atomic mass is 10.1. The topological polar surface area (TPSA) is 47.6 Å². The zero-order chi connectivity index (χ0) is 14.8. The van der Waals surface area contributed by atoms with Crippen LogP contribution in [0.25, 0.3) is 0 Å². The van der Waals surface area contributed by atoms with Crippen molar-refractivity contribution in [1.29, 1.82) is 0 Å². The number of aromatic nitrogens is 1. The molecule has 4 nitrogen and oxygen atoms in total. The molecule has 0 radical (unpaired) electrons. The van der Waals surface area contributed by atoms with Gasteiger partial charge in [0.25, 0.3) is 0 Å². The number of hydrogen-bond acceptors (Lipinski definition) is 5. The van der Waals surface area contributed by atoms with E-state index in [1.165, 1.54) is 24.1 Å². The molecule has 1 fully saturated rings. The van der Waals surface area contributed by atoms with Crippen molar-refractivity contribution in [3.05, 3.63) is 17.0 Å². The van der Waals surface area contributed by atoms with Gasteiger partial charge >= 0.3 is 0 Å². The van der Waals surface area contributed by atoms with Gasteiger partial charge in [0.05, 0.1) is 5.69 Å². The summed E-state index contributed by atoms with van der Waals surface area (Å²) in [5, 5.41) is 9.40. The molecule has 1 saturated carbocycles. The highest BCUT2D eigenvalue weighted by atomic mass is 32.2. The van der Waals surface area contributed by atoms with E-state index >= 15 is 0 Å². The fourth-order valence-electron chi connectivity index (χ4n) is 2.10. The van der Waals surface area contributed by atoms with Gasteiger partial charge in [-0.2, -0.15) is 0 Å². The highest BCUT2D eigenvalue weighted by Gasteiger charge is 2.32. The van der Waals surface area contributed by atoms with Gasteiger partial charge in [-0.15, -0.1) is 11.8 Å². The third-order valence-electron chi connectivity index (χ3n) is 3.33. The average Bonchev–Trinajstić information content (AvgIpc) is 3.12. The van der Waals surface area contributed by atoms with Crippen LogP contribution in [0.2, 0.25) is 0 Å². The molecule has 0 unspecified atom stereocenters. The maximum absolute atomic E-state index is 5.37. The van der Waals surface area contributed by atoms with Gasteiger partial charge in [0.15, 0.2) is 0 Å². The van der Waals surface area contributed by atoms with Crippen LogP contribution in [0.5, 0.6) is 0 Å². The first kappa shape index (κ1) is 15.4. The quantitative estimate of drug-likeness (QED) is 0.815. The Labute approximate surface area is 125 Å². The van der Waals surface area contributed by atoms with Crippen LogP contribution in [0.15, 0.2) is 9.68 Å². The fourth-order valence-corrected chi connectivity index (χ4v) is 3.30. The molecule has 1 aliphatic carbocycles. The maximum Gasteiger partial charge on any atom is 0.138 e. The first-order valence-electron chi connectivity index (χ1n) is 7.38. The monoisotopic (exact) mass is 296 g/mol. The predicted molar refractivity (Wildman–Crippen MR) is 83.1 cm³/mol. The van der Waals surface area contributed by atoms with E-state index in [1.54, 1.807) is 11.8 Å². The highest BCUT2D eigenvalue weighted by molar-refractivity contribution is 8.13. The van der Waals surface area contributed by atoms with Crippen LogP contribution in [0.4, 0.5) is 0 Å². The lowest BCUT2D eigenvalue weighted by Gasteiger charge is -2.13. The van der Waals surface area contributed by atoms with E-state index in [9.17, 15) is 0 Å². The molecule has 1 aliphatic heterocycles. The van der Waals surface area contributed by atoms with Crippen molar-refractivity contribution in [1.82, 2.24) is 5.16 Å². The molecule has 0 aromatic carbocycles. The Morgan fingerprint density at radius 3 is 2.55 bits per heavy atom. The van der Waals surface area contributed by atoms with Crippen molar-refractivity contribution >= 4 is 16.8 Å². The van der Waals surface area contributed by atoms with E-state index in [-0.39, 0.29) is 5.60 Å². The van der Waals surface area contributed by atoms with Crippen LogP contribution in [0, 0.1) is 6.92 Å². The molecule has 1 aromatic heterocycles. The molecule has 0 spiro atoms. The van der Waals surface area contributed by atoms with Gasteiger partial charge in [0.2, 0.25) is 0 Å². The molecule has 0 bridgehead atoms. The smallest absolute Gasteiger partial charge is 0.138 e. The average molecular weight is 296 g/mol. The van der Waals surface area contributed by atoms with Gasteiger partial charge in [0.1, 0.15) is 16.4 Å². The summed E-state index contributed by atoms with van der Waals surface area (Å²) in [5.41, 5.74) is 2.28. The lowest BCUT2D eigenvalue weighted by Crippen LogP contribution is -2.18. The number of rotatable bonds is 3. The van der Waals surface area contributed by atoms with Crippen LogP contribution in [0.3, 0.4) is 0 Å². The van der Waals surface area contributed by atoms with Crippen molar-refractivity contribution in [2.45, 2.75) is 71.2 Å². The molecule has 2 heterocycles. The largest absolute Gasteiger partial charge is 0.389 e. The van der Waals surface area contributed by atoms with E-state index in [1.807, 2.05) is 20.8 Å². The minimum absolute atomic E-state index is 0.147. The number of nitrogens with zero attached hydrogens (tertiary/aromatic N) is 2. The molecule has 1 aromatic rings. The first-order chi connectivity index (χ1) is 9.55. The summed E-state index contributed by atoms with van der Waals surface area (Å²) in [5.74, 6) is 2.47. The van der Waals surface area contributed by atoms with Crippen LogP contribution in [-0.4, -0.2) is 15.8 Å². The summed E-state index contributed by atoms with van der Waals surface area (Å²) in [6.07, 6.45) is 3.39. The van der Waals surface area contributed by atoms with Crippen LogP contribution in [-0.2, 0) is 10.6 Å². The van der Waals surface area contributed by atoms with Gasteiger partial charge in [-0.1, -0.05) is 24.2 Å². The van der Waals surface area contributed by atoms with Crippen molar-refractivity contribution in [2.24, 2.45) is 5.16 Å². The van der Waals surface area contributed by atoms with Crippen LogP contribution in [0.1, 0.15) is 69.9 Å². The molecule has 0 N–H and O–H groups in total. The summed E-state index contributed by atoms with van der Waals surface area (Å²) in [6.45, 7) is 10.1. The summed E-state index contributed by atoms with van der Waals surface area (Å²) in [6, 6.07) is 0. The zero-order valence-electron chi connectivity index (χ0n) is 13.0. The summed E-state index contributed by atoms with van der Waals surface area (Å²) >= 11 is 1.74. The van der Waals surface area contributed by atoms with Gasteiger partial charge in [-0.25, -0.2) is 0 Å². The van der Waals surface area contributed by atoms with E-state index in [0.29, 0.717) is 5.92 Å². The fraction of sp³-hybridized carbons (Fsp3) is 0.733. The van der Waals surface area contributed by atoms with E-state index in [2.05, 4.69) is 24.2 Å². The Morgan fingerprint density at radius 2 is 2.00 bits per heavy atom. The SMILES string of the molecule is CC.Cc1onc(C2CC2)c1CSC1=NOC(C)(C)C1. The molecule has 0 saturated heterocycles. The number of aryl methyl sites for hydroxylation is 1. The molecular weight excluding hydrogens is 272 g/mol. The Morgan fingerprint density at radius 1 is 1.30 bits per heavy atom. The molecule has 112 valence electrons. The van der Waals surface area contributed by atoms with Crippen molar-refractivity contribution in [3.8, 4) is 0 Å². The number of oxime groups is 1. The third-order valence-corrected chi connectivity index (χ3v) is 4.32. The van der Waals surface area contributed by atoms with Crippen LogP contribution < -0.4 is 0 Å². The normalized spacial score (nSPS) is 19.9. The van der Waals surface area contributed by atoms with Crippen molar-refractivity contribution in [3.63, 3.8) is 0 Å². The Bertz CT molecular complexity index is 490.